The Bertz CT molecular complexity index is 997. The summed E-state index contributed by atoms with van der Waals surface area (Å²) in [5.74, 6) is 0.426. The number of hydrogen-bond acceptors (Lipinski definition) is 6. The van der Waals surface area contributed by atoms with E-state index in [0.717, 1.165) is 30.0 Å². The summed E-state index contributed by atoms with van der Waals surface area (Å²) in [4.78, 5) is 4.11. The largest absolute Gasteiger partial charge is 0.507 e. The van der Waals surface area contributed by atoms with Gasteiger partial charge in [0.25, 0.3) is 0 Å². The highest BCUT2D eigenvalue weighted by Crippen LogP contribution is 2.33. The number of hydrogen-bond donors (Lipinski definition) is 2. The summed E-state index contributed by atoms with van der Waals surface area (Å²) in [6.45, 7) is 0. The first-order valence-corrected chi connectivity index (χ1v) is 9.65. The Kier molecular flexibility index (Phi) is 4.31. The molecule has 2 unspecified atom stereocenters. The lowest BCUT2D eigenvalue weighted by Crippen LogP contribution is -2.59. The molecule has 1 aromatic carbocycles. The molecule has 0 spiro atoms. The van der Waals surface area contributed by atoms with Crippen LogP contribution in [0.25, 0.3) is 22.0 Å². The van der Waals surface area contributed by atoms with Crippen LogP contribution in [0.3, 0.4) is 0 Å². The topological polar surface area (TPSA) is 80.2 Å². The lowest BCUT2D eigenvalue weighted by molar-refractivity contribution is 0.00652. The average Bonchev–Trinajstić information content (AvgIpc) is 2.72. The fourth-order valence-electron chi connectivity index (χ4n) is 4.28. The second-order valence-electron chi connectivity index (χ2n) is 7.59. The molecule has 144 valence electrons. The molecule has 0 saturated carbocycles. The summed E-state index contributed by atoms with van der Waals surface area (Å²) in [5, 5.41) is 23.8. The minimum atomic E-state index is -1.05. The summed E-state index contributed by atoms with van der Waals surface area (Å²) in [6.07, 6.45) is 5.47. The fraction of sp³-hybridized carbons (Fsp3) is 0.381. The number of phenols is 1. The van der Waals surface area contributed by atoms with Crippen molar-refractivity contribution in [1.29, 1.82) is 0 Å². The zero-order valence-corrected chi connectivity index (χ0v) is 15.3. The second-order valence-corrected chi connectivity index (χ2v) is 7.59. The van der Waals surface area contributed by atoms with Gasteiger partial charge in [0.1, 0.15) is 11.9 Å². The Morgan fingerprint density at radius 1 is 1.11 bits per heavy atom. The number of benzene rings is 1. The molecular formula is C21H21FN4O2. The quantitative estimate of drug-likeness (QED) is 0.725. The number of nitrogens with zero attached hydrogens (tertiary/aromatic N) is 3. The maximum Gasteiger partial charge on any atom is 0.233 e. The molecule has 2 fully saturated rings. The Morgan fingerprint density at radius 3 is 2.89 bits per heavy atom. The van der Waals surface area contributed by atoms with Crippen molar-refractivity contribution < 1.29 is 14.2 Å². The predicted octanol–water partition coefficient (Wildman–Crippen LogP) is 3.40. The van der Waals surface area contributed by atoms with Crippen LogP contribution in [-0.2, 0) is 0 Å². The summed E-state index contributed by atoms with van der Waals surface area (Å²) in [7, 11) is 0. The lowest BCUT2D eigenvalue weighted by Gasteiger charge is -2.42. The van der Waals surface area contributed by atoms with Crippen molar-refractivity contribution in [3.63, 3.8) is 0 Å². The van der Waals surface area contributed by atoms with E-state index in [-0.39, 0.29) is 11.8 Å². The normalized spacial score (nSPS) is 26.9. The van der Waals surface area contributed by atoms with Gasteiger partial charge in [-0.15, -0.1) is 10.2 Å². The maximum atomic E-state index is 14.7. The minimum absolute atomic E-state index is 0.122. The van der Waals surface area contributed by atoms with Gasteiger partial charge >= 0.3 is 0 Å². The van der Waals surface area contributed by atoms with Crippen LogP contribution in [-0.4, -0.2) is 44.6 Å². The number of pyridine rings is 1. The monoisotopic (exact) mass is 380 g/mol. The van der Waals surface area contributed by atoms with Gasteiger partial charge in [0.15, 0.2) is 6.17 Å². The van der Waals surface area contributed by atoms with Gasteiger partial charge in [0, 0.05) is 47.9 Å². The molecule has 0 radical (unpaired) electrons. The average molecular weight is 380 g/mol. The van der Waals surface area contributed by atoms with Crippen LogP contribution in [0.1, 0.15) is 25.7 Å². The maximum absolute atomic E-state index is 14.7. The molecule has 5 rings (SSSR count). The van der Waals surface area contributed by atoms with E-state index in [1.54, 1.807) is 30.6 Å². The molecule has 2 bridgehead atoms. The number of aromatic nitrogens is 3. The molecule has 2 saturated heterocycles. The second kappa shape index (κ2) is 6.98. The highest BCUT2D eigenvalue weighted by molar-refractivity contribution is 5.89. The number of phenolic OH excluding ortho intramolecular Hbond substituents is 1. The number of piperidine rings is 2. The van der Waals surface area contributed by atoms with Crippen LogP contribution in [0.2, 0.25) is 0 Å². The fourth-order valence-corrected chi connectivity index (χ4v) is 4.28. The van der Waals surface area contributed by atoms with Crippen molar-refractivity contribution in [1.82, 2.24) is 20.5 Å². The highest BCUT2D eigenvalue weighted by atomic mass is 19.1. The third-order valence-electron chi connectivity index (χ3n) is 5.72. The standard InChI is InChI=1S/C21H21FN4O2/c22-21-17-3-1-2-14(24-17)10-19(21)28-20-5-4-16(25-26-20)15-8-13-11-23-7-6-12(13)9-18(15)27/h4-9,11,14,17,19,21,24,27H,1-3,10H2/t14?,17?,19-,21+/m1/s1. The molecule has 4 heterocycles. The number of alkyl halides is 1. The van der Waals surface area contributed by atoms with Crippen molar-refractivity contribution in [3.8, 4) is 22.9 Å². The van der Waals surface area contributed by atoms with Crippen LogP contribution in [0.4, 0.5) is 4.39 Å². The molecule has 7 heteroatoms. The Morgan fingerprint density at radius 2 is 2.04 bits per heavy atom. The van der Waals surface area contributed by atoms with E-state index in [1.807, 2.05) is 12.1 Å². The van der Waals surface area contributed by atoms with Crippen LogP contribution < -0.4 is 10.1 Å². The number of halogens is 1. The van der Waals surface area contributed by atoms with E-state index < -0.39 is 12.3 Å². The molecule has 2 aliphatic heterocycles. The van der Waals surface area contributed by atoms with Crippen LogP contribution >= 0.6 is 0 Å². The van der Waals surface area contributed by atoms with Crippen molar-refractivity contribution in [3.05, 3.63) is 42.7 Å². The van der Waals surface area contributed by atoms with E-state index in [0.29, 0.717) is 29.6 Å². The molecule has 6 nitrogen and oxygen atoms in total. The molecule has 2 N–H and O–H groups in total. The van der Waals surface area contributed by atoms with Gasteiger partial charge in [-0.1, -0.05) is 6.42 Å². The molecule has 2 aliphatic rings. The summed E-state index contributed by atoms with van der Waals surface area (Å²) in [6, 6.07) is 8.94. The first kappa shape index (κ1) is 17.3. The number of ether oxygens (including phenoxy) is 1. The number of nitrogens with one attached hydrogen (secondary N) is 1. The first-order valence-electron chi connectivity index (χ1n) is 9.65. The Hall–Kier alpha value is -2.80. The zero-order chi connectivity index (χ0) is 19.1. The van der Waals surface area contributed by atoms with Gasteiger partial charge in [-0.25, -0.2) is 4.39 Å². The summed E-state index contributed by atoms with van der Waals surface area (Å²) >= 11 is 0. The SMILES string of the molecule is Oc1cc2ccncc2cc1-c1ccc(O[C@@H]2CC3CCCC(N3)[C@@H]2F)nn1. The minimum Gasteiger partial charge on any atom is -0.507 e. The third-order valence-corrected chi connectivity index (χ3v) is 5.72. The van der Waals surface area contributed by atoms with E-state index in [2.05, 4.69) is 20.5 Å². The van der Waals surface area contributed by atoms with Crippen LogP contribution in [0, 0.1) is 0 Å². The number of rotatable bonds is 3. The molecule has 4 atom stereocenters. The van der Waals surface area contributed by atoms with Gasteiger partial charge in [0.05, 0.1) is 5.69 Å². The third kappa shape index (κ3) is 3.16. The van der Waals surface area contributed by atoms with Crippen molar-refractivity contribution in [2.24, 2.45) is 0 Å². The lowest BCUT2D eigenvalue weighted by atomic mass is 9.84. The van der Waals surface area contributed by atoms with E-state index in [4.69, 9.17) is 4.74 Å². The number of aromatic hydroxyl groups is 1. The van der Waals surface area contributed by atoms with Gasteiger partial charge in [-0.2, -0.15) is 0 Å². The van der Waals surface area contributed by atoms with Gasteiger partial charge in [0.2, 0.25) is 5.88 Å². The molecule has 0 aliphatic carbocycles. The molecule has 3 aromatic rings. The Labute approximate surface area is 161 Å². The van der Waals surface area contributed by atoms with E-state index in [9.17, 15) is 9.50 Å². The smallest absolute Gasteiger partial charge is 0.233 e. The molecular weight excluding hydrogens is 359 g/mol. The molecule has 0 amide bonds. The highest BCUT2D eigenvalue weighted by Gasteiger charge is 2.41. The predicted molar refractivity (Wildman–Crippen MR) is 103 cm³/mol. The molecule has 28 heavy (non-hydrogen) atoms. The Balaban J connectivity index is 1.37. The van der Waals surface area contributed by atoms with Crippen LogP contribution in [0.5, 0.6) is 11.6 Å². The van der Waals surface area contributed by atoms with Crippen LogP contribution in [0.15, 0.2) is 42.7 Å². The van der Waals surface area contributed by atoms with Crippen molar-refractivity contribution in [2.45, 2.75) is 50.0 Å². The summed E-state index contributed by atoms with van der Waals surface area (Å²) in [5.41, 5.74) is 1.09. The summed E-state index contributed by atoms with van der Waals surface area (Å²) < 4.78 is 20.5. The van der Waals surface area contributed by atoms with E-state index >= 15 is 0 Å². The first-order chi connectivity index (χ1) is 13.7. The van der Waals surface area contributed by atoms with Gasteiger partial charge in [-0.3, -0.25) is 4.98 Å². The molecule has 2 aromatic heterocycles. The number of fused-ring (bicyclic) bond motifs is 3. The zero-order valence-electron chi connectivity index (χ0n) is 15.3. The van der Waals surface area contributed by atoms with Gasteiger partial charge in [-0.05, 0) is 42.5 Å². The van der Waals surface area contributed by atoms with E-state index in [1.165, 1.54) is 0 Å². The van der Waals surface area contributed by atoms with Crippen molar-refractivity contribution in [2.75, 3.05) is 0 Å². The van der Waals surface area contributed by atoms with Crippen molar-refractivity contribution >= 4 is 10.8 Å². The van der Waals surface area contributed by atoms with Gasteiger partial charge < -0.3 is 15.2 Å².